The second-order valence-corrected chi connectivity index (χ2v) is 8.15. The Balaban J connectivity index is 1.53. The molecule has 1 aliphatic rings. The number of halogens is 2. The zero-order valence-corrected chi connectivity index (χ0v) is 18.4. The molecule has 3 aromatic rings. The Bertz CT molecular complexity index is 1100. The SMILES string of the molecule is Cc1nc(C)c(Cc2ccccc2F)c(N2CCN(C(=O)c3ccc(Cl)cc3)CC2)n1. The Morgan fingerprint density at radius 1 is 1.00 bits per heavy atom. The van der Waals surface area contributed by atoms with Crippen LogP contribution in [0.3, 0.4) is 0 Å². The minimum Gasteiger partial charge on any atom is -0.353 e. The predicted molar refractivity (Wildman–Crippen MR) is 120 cm³/mol. The summed E-state index contributed by atoms with van der Waals surface area (Å²) in [6, 6.07) is 13.8. The van der Waals surface area contributed by atoms with E-state index in [9.17, 15) is 9.18 Å². The average molecular weight is 439 g/mol. The molecule has 0 saturated carbocycles. The van der Waals surface area contributed by atoms with Crippen LogP contribution in [0.5, 0.6) is 0 Å². The van der Waals surface area contributed by atoms with Crippen LogP contribution in [0.1, 0.15) is 33.0 Å². The quantitative estimate of drug-likeness (QED) is 0.604. The number of anilines is 1. The van der Waals surface area contributed by atoms with Crippen LogP contribution >= 0.6 is 11.6 Å². The van der Waals surface area contributed by atoms with Gasteiger partial charge in [0.25, 0.3) is 5.91 Å². The van der Waals surface area contributed by atoms with Crippen molar-refractivity contribution in [3.05, 3.63) is 87.6 Å². The summed E-state index contributed by atoms with van der Waals surface area (Å²) in [5.41, 5.74) is 3.03. The summed E-state index contributed by atoms with van der Waals surface area (Å²) >= 11 is 5.93. The third-order valence-corrected chi connectivity index (χ3v) is 5.84. The van der Waals surface area contributed by atoms with E-state index in [-0.39, 0.29) is 11.7 Å². The van der Waals surface area contributed by atoms with Gasteiger partial charge in [0, 0.05) is 54.4 Å². The lowest BCUT2D eigenvalue weighted by Gasteiger charge is -2.36. The van der Waals surface area contributed by atoms with E-state index in [0.717, 1.165) is 17.1 Å². The molecule has 7 heteroatoms. The average Bonchev–Trinajstić information content (AvgIpc) is 2.77. The molecule has 1 aromatic heterocycles. The normalized spacial score (nSPS) is 14.1. The van der Waals surface area contributed by atoms with E-state index in [0.29, 0.717) is 54.6 Å². The molecule has 0 spiro atoms. The van der Waals surface area contributed by atoms with Crippen LogP contribution < -0.4 is 4.90 Å². The second kappa shape index (κ2) is 9.02. The molecular formula is C24H24ClFN4O. The van der Waals surface area contributed by atoms with Gasteiger partial charge in [0.1, 0.15) is 17.5 Å². The van der Waals surface area contributed by atoms with Crippen molar-refractivity contribution in [2.45, 2.75) is 20.3 Å². The van der Waals surface area contributed by atoms with Crippen LogP contribution in [-0.4, -0.2) is 47.0 Å². The molecule has 0 unspecified atom stereocenters. The van der Waals surface area contributed by atoms with E-state index in [2.05, 4.69) is 9.88 Å². The summed E-state index contributed by atoms with van der Waals surface area (Å²) in [6.07, 6.45) is 0.429. The lowest BCUT2D eigenvalue weighted by atomic mass is 10.0. The fourth-order valence-electron chi connectivity index (χ4n) is 3.91. The second-order valence-electron chi connectivity index (χ2n) is 7.71. The summed E-state index contributed by atoms with van der Waals surface area (Å²) in [4.78, 5) is 26.0. The Morgan fingerprint density at radius 2 is 1.68 bits per heavy atom. The zero-order chi connectivity index (χ0) is 22.0. The number of amides is 1. The number of hydrogen-bond donors (Lipinski definition) is 0. The number of nitrogens with zero attached hydrogens (tertiary/aromatic N) is 4. The minimum atomic E-state index is -0.230. The molecule has 0 aliphatic carbocycles. The maximum Gasteiger partial charge on any atom is 0.253 e. The van der Waals surface area contributed by atoms with Gasteiger partial charge in [0.05, 0.1) is 0 Å². The van der Waals surface area contributed by atoms with Crippen LogP contribution in [0.25, 0.3) is 0 Å². The van der Waals surface area contributed by atoms with Crippen molar-refractivity contribution in [1.29, 1.82) is 0 Å². The largest absolute Gasteiger partial charge is 0.353 e. The van der Waals surface area contributed by atoms with Gasteiger partial charge in [-0.15, -0.1) is 0 Å². The van der Waals surface area contributed by atoms with E-state index in [1.165, 1.54) is 6.07 Å². The summed E-state index contributed by atoms with van der Waals surface area (Å²) in [5, 5.41) is 0.609. The number of aryl methyl sites for hydroxylation is 2. The molecule has 1 fully saturated rings. The highest BCUT2D eigenvalue weighted by atomic mass is 35.5. The molecule has 0 N–H and O–H groups in total. The van der Waals surface area contributed by atoms with Crippen molar-refractivity contribution >= 4 is 23.3 Å². The van der Waals surface area contributed by atoms with Crippen LogP contribution in [0.2, 0.25) is 5.02 Å². The molecule has 0 atom stereocenters. The molecule has 0 radical (unpaired) electrons. The number of carbonyl (C=O) groups is 1. The first-order chi connectivity index (χ1) is 14.9. The molecule has 0 bridgehead atoms. The zero-order valence-electron chi connectivity index (χ0n) is 17.6. The predicted octanol–water partition coefficient (Wildman–Crippen LogP) is 4.44. The number of hydrogen-bond acceptors (Lipinski definition) is 4. The van der Waals surface area contributed by atoms with Gasteiger partial charge in [-0.1, -0.05) is 29.8 Å². The Kier molecular flexibility index (Phi) is 6.18. The van der Waals surface area contributed by atoms with E-state index in [4.69, 9.17) is 16.6 Å². The first-order valence-electron chi connectivity index (χ1n) is 10.3. The summed E-state index contributed by atoms with van der Waals surface area (Å²) in [5.74, 6) is 1.28. The molecule has 1 aliphatic heterocycles. The van der Waals surface area contributed by atoms with Gasteiger partial charge < -0.3 is 9.80 Å². The molecule has 4 rings (SSSR count). The molecule has 1 saturated heterocycles. The number of rotatable bonds is 4. The van der Waals surface area contributed by atoms with E-state index >= 15 is 0 Å². The molecule has 2 aromatic carbocycles. The van der Waals surface area contributed by atoms with Crippen LogP contribution in [0, 0.1) is 19.7 Å². The highest BCUT2D eigenvalue weighted by Gasteiger charge is 2.25. The maximum atomic E-state index is 14.3. The maximum absolute atomic E-state index is 14.3. The van der Waals surface area contributed by atoms with Gasteiger partial charge in [-0.2, -0.15) is 0 Å². The lowest BCUT2D eigenvalue weighted by molar-refractivity contribution is 0.0746. The van der Waals surface area contributed by atoms with Crippen LogP contribution in [0.4, 0.5) is 10.2 Å². The topological polar surface area (TPSA) is 49.3 Å². The molecular weight excluding hydrogens is 415 g/mol. The van der Waals surface area contributed by atoms with Crippen LogP contribution in [0.15, 0.2) is 48.5 Å². The Morgan fingerprint density at radius 3 is 2.35 bits per heavy atom. The third-order valence-electron chi connectivity index (χ3n) is 5.59. The Hall–Kier alpha value is -2.99. The van der Waals surface area contributed by atoms with Crippen molar-refractivity contribution in [3.63, 3.8) is 0 Å². The molecule has 2 heterocycles. The number of aromatic nitrogens is 2. The highest BCUT2D eigenvalue weighted by Crippen LogP contribution is 2.26. The van der Waals surface area contributed by atoms with Gasteiger partial charge in [0.15, 0.2) is 0 Å². The molecule has 160 valence electrons. The van der Waals surface area contributed by atoms with Crippen molar-refractivity contribution in [2.75, 3.05) is 31.1 Å². The molecule has 5 nitrogen and oxygen atoms in total. The fourth-order valence-corrected chi connectivity index (χ4v) is 4.04. The Labute approximate surface area is 186 Å². The van der Waals surface area contributed by atoms with Gasteiger partial charge >= 0.3 is 0 Å². The highest BCUT2D eigenvalue weighted by molar-refractivity contribution is 6.30. The minimum absolute atomic E-state index is 0.00190. The first kappa shape index (κ1) is 21.2. The van der Waals surface area contributed by atoms with Gasteiger partial charge in [-0.05, 0) is 49.7 Å². The van der Waals surface area contributed by atoms with E-state index < -0.39 is 0 Å². The van der Waals surface area contributed by atoms with Crippen molar-refractivity contribution < 1.29 is 9.18 Å². The smallest absolute Gasteiger partial charge is 0.253 e. The van der Waals surface area contributed by atoms with Gasteiger partial charge in [-0.3, -0.25) is 4.79 Å². The summed E-state index contributed by atoms with van der Waals surface area (Å²) < 4.78 is 14.3. The van der Waals surface area contributed by atoms with Gasteiger partial charge in [0.2, 0.25) is 0 Å². The van der Waals surface area contributed by atoms with Crippen molar-refractivity contribution in [3.8, 4) is 0 Å². The molecule has 1 amide bonds. The third kappa shape index (κ3) is 4.69. The fraction of sp³-hybridized carbons (Fsp3) is 0.292. The summed E-state index contributed by atoms with van der Waals surface area (Å²) in [7, 11) is 0. The number of benzene rings is 2. The standard InChI is InChI=1S/C24H24ClFN4O/c1-16-21(15-19-5-3-4-6-22(19)26)23(28-17(2)27-16)29-11-13-30(14-12-29)24(31)18-7-9-20(25)10-8-18/h3-10H,11-15H2,1-2H3. The number of carbonyl (C=O) groups excluding carboxylic acids is 1. The van der Waals surface area contributed by atoms with E-state index in [1.807, 2.05) is 24.8 Å². The monoisotopic (exact) mass is 438 g/mol. The van der Waals surface area contributed by atoms with Crippen LogP contribution in [-0.2, 0) is 6.42 Å². The summed E-state index contributed by atoms with van der Waals surface area (Å²) in [6.45, 7) is 6.28. The van der Waals surface area contributed by atoms with Crippen molar-refractivity contribution in [2.24, 2.45) is 0 Å². The number of piperazine rings is 1. The lowest BCUT2D eigenvalue weighted by Crippen LogP contribution is -2.49. The first-order valence-corrected chi connectivity index (χ1v) is 10.7. The molecule has 31 heavy (non-hydrogen) atoms. The van der Waals surface area contributed by atoms with Crippen molar-refractivity contribution in [1.82, 2.24) is 14.9 Å². The van der Waals surface area contributed by atoms with E-state index in [1.54, 1.807) is 36.4 Å². The van der Waals surface area contributed by atoms with Gasteiger partial charge in [-0.25, -0.2) is 14.4 Å².